The van der Waals surface area contributed by atoms with E-state index in [2.05, 4.69) is 36.8 Å². The maximum atomic E-state index is 16.4. The number of rotatable bonds is 10. The molecule has 1 N–H and O–H groups in total. The molecule has 40 heavy (non-hydrogen) atoms. The first kappa shape index (κ1) is 28.6. The van der Waals surface area contributed by atoms with E-state index in [1.54, 1.807) is 12.4 Å². The Bertz CT molecular complexity index is 1520. The molecule has 4 aromatic rings. The van der Waals surface area contributed by atoms with Gasteiger partial charge < -0.3 is 19.0 Å². The lowest BCUT2D eigenvalue weighted by molar-refractivity contribution is 0.0850. The Morgan fingerprint density at radius 2 is 1.93 bits per heavy atom. The molecule has 1 aliphatic rings. The Labute approximate surface area is 233 Å². The number of benzene rings is 2. The maximum absolute atomic E-state index is 16.4. The van der Waals surface area contributed by atoms with Crippen LogP contribution in [-0.4, -0.2) is 39.1 Å². The van der Waals surface area contributed by atoms with Gasteiger partial charge in [0.05, 0.1) is 17.5 Å². The second-order valence-corrected chi connectivity index (χ2v) is 18.0. The quantitative estimate of drug-likeness (QED) is 0.164. The summed E-state index contributed by atoms with van der Waals surface area (Å²) in [5, 5.41) is 18.6. The molecule has 10 heteroatoms. The van der Waals surface area contributed by atoms with Crippen molar-refractivity contribution in [2.45, 2.75) is 70.6 Å². The van der Waals surface area contributed by atoms with E-state index in [0.29, 0.717) is 23.8 Å². The average Bonchev–Trinajstić information content (AvgIpc) is 3.48. The minimum absolute atomic E-state index is 0.0236. The van der Waals surface area contributed by atoms with Gasteiger partial charge in [-0.25, -0.2) is 13.2 Å². The third-order valence-electron chi connectivity index (χ3n) is 8.11. The summed E-state index contributed by atoms with van der Waals surface area (Å²) in [4.78, 5) is 0. The minimum atomic E-state index is -2.82. The van der Waals surface area contributed by atoms with Crippen LogP contribution in [0.5, 0.6) is 0 Å². The summed E-state index contributed by atoms with van der Waals surface area (Å²) >= 11 is 0. The molecule has 1 aliphatic carbocycles. The van der Waals surface area contributed by atoms with E-state index in [-0.39, 0.29) is 34.2 Å². The first-order valence-corrected chi connectivity index (χ1v) is 17.4. The maximum Gasteiger partial charge on any atom is 0.264 e. The first-order chi connectivity index (χ1) is 18.9. The van der Waals surface area contributed by atoms with E-state index < -0.39 is 26.9 Å². The molecule has 0 saturated heterocycles. The van der Waals surface area contributed by atoms with Crippen molar-refractivity contribution in [3.8, 4) is 11.1 Å². The third kappa shape index (κ3) is 5.12. The normalized spacial score (nSPS) is 19.5. The van der Waals surface area contributed by atoms with Crippen LogP contribution in [0.4, 0.5) is 13.2 Å². The first-order valence-electron chi connectivity index (χ1n) is 13.7. The highest BCUT2D eigenvalue weighted by molar-refractivity contribution is 6.76. The van der Waals surface area contributed by atoms with E-state index in [9.17, 15) is 13.9 Å². The van der Waals surface area contributed by atoms with Crippen molar-refractivity contribution < 1.29 is 23.0 Å². The topological polar surface area (TPSA) is 65.1 Å². The van der Waals surface area contributed by atoms with Crippen molar-refractivity contribution in [1.29, 1.82) is 0 Å². The Balaban J connectivity index is 1.62. The highest BCUT2D eigenvalue weighted by Gasteiger charge is 2.48. The number of aryl methyl sites for hydroxylation is 1. The smallest absolute Gasteiger partial charge is 0.264 e. The minimum Gasteiger partial charge on any atom is -0.390 e. The predicted molar refractivity (Wildman–Crippen MR) is 152 cm³/mol. The summed E-state index contributed by atoms with van der Waals surface area (Å²) in [7, 11) is 0.551. The number of fused-ring (bicyclic) bond motifs is 1. The number of aliphatic hydroxyl groups is 1. The van der Waals surface area contributed by atoms with Crippen molar-refractivity contribution in [2.75, 3.05) is 6.61 Å². The summed E-state index contributed by atoms with van der Waals surface area (Å²) in [6.45, 7) is 8.90. The fourth-order valence-electron chi connectivity index (χ4n) is 6.06. The number of ether oxygens (including phenoxy) is 1. The van der Waals surface area contributed by atoms with Gasteiger partial charge in [-0.2, -0.15) is 0 Å². The molecule has 5 rings (SSSR count). The number of aromatic nitrogens is 4. The zero-order chi connectivity index (χ0) is 28.8. The molecule has 2 aromatic heterocycles. The molecule has 214 valence electrons. The van der Waals surface area contributed by atoms with Crippen LogP contribution in [0.15, 0.2) is 42.7 Å². The SMILES string of the molecule is CC1CC(c2cccc(-c3cc(C(F)F)c4cc(CO)n(COCC[Si](C)(C)C)c4c3F)c2)(c2nncn2C)C1. The van der Waals surface area contributed by atoms with Crippen LogP contribution in [0.25, 0.3) is 22.0 Å². The van der Waals surface area contributed by atoms with Crippen LogP contribution in [0.3, 0.4) is 0 Å². The Morgan fingerprint density at radius 1 is 1.18 bits per heavy atom. The van der Waals surface area contributed by atoms with E-state index in [1.807, 2.05) is 29.8 Å². The average molecular weight is 571 g/mol. The zero-order valence-electron chi connectivity index (χ0n) is 23.7. The van der Waals surface area contributed by atoms with Crippen molar-refractivity contribution in [2.24, 2.45) is 13.0 Å². The fourth-order valence-corrected chi connectivity index (χ4v) is 6.82. The van der Waals surface area contributed by atoms with Crippen LogP contribution < -0.4 is 0 Å². The number of aliphatic hydroxyl groups excluding tert-OH is 1. The van der Waals surface area contributed by atoms with Crippen molar-refractivity contribution in [3.63, 3.8) is 0 Å². The lowest BCUT2D eigenvalue weighted by Gasteiger charge is -2.46. The molecule has 0 unspecified atom stereocenters. The van der Waals surface area contributed by atoms with Crippen molar-refractivity contribution in [1.82, 2.24) is 19.3 Å². The number of nitrogens with zero attached hydrogens (tertiary/aromatic N) is 4. The van der Waals surface area contributed by atoms with Crippen LogP contribution in [0.1, 0.15) is 48.8 Å². The molecule has 0 bridgehead atoms. The van der Waals surface area contributed by atoms with Gasteiger partial charge in [0, 0.05) is 43.9 Å². The van der Waals surface area contributed by atoms with Crippen molar-refractivity contribution in [3.05, 3.63) is 71.2 Å². The van der Waals surface area contributed by atoms with Crippen molar-refractivity contribution >= 4 is 19.0 Å². The number of halogens is 3. The molecule has 0 spiro atoms. The summed E-state index contributed by atoms with van der Waals surface area (Å²) in [6.07, 6.45) is 0.581. The molecule has 1 saturated carbocycles. The summed E-state index contributed by atoms with van der Waals surface area (Å²) in [5.41, 5.74) is 1.27. The predicted octanol–water partition coefficient (Wildman–Crippen LogP) is 7.03. The molecule has 6 nitrogen and oxygen atoms in total. The molecule has 2 aromatic carbocycles. The van der Waals surface area contributed by atoms with Gasteiger partial charge in [-0.05, 0) is 48.1 Å². The second kappa shape index (κ2) is 10.8. The van der Waals surface area contributed by atoms with Crippen LogP contribution in [0, 0.1) is 11.7 Å². The van der Waals surface area contributed by atoms with Gasteiger partial charge in [-0.3, -0.25) is 0 Å². The number of hydrogen-bond donors (Lipinski definition) is 1. The van der Waals surface area contributed by atoms with Gasteiger partial charge >= 0.3 is 0 Å². The monoisotopic (exact) mass is 570 g/mol. The van der Waals surface area contributed by atoms with E-state index >= 15 is 4.39 Å². The van der Waals surface area contributed by atoms with E-state index in [4.69, 9.17) is 4.74 Å². The van der Waals surface area contributed by atoms with Gasteiger partial charge in [0.25, 0.3) is 6.43 Å². The summed E-state index contributed by atoms with van der Waals surface area (Å²) in [5.74, 6) is 0.712. The fraction of sp³-hybridized carbons (Fsp3) is 0.467. The van der Waals surface area contributed by atoms with Gasteiger partial charge in [0.2, 0.25) is 0 Å². The molecule has 0 atom stereocenters. The number of alkyl halides is 2. The lowest BCUT2D eigenvalue weighted by Crippen LogP contribution is -2.43. The third-order valence-corrected chi connectivity index (χ3v) is 9.82. The lowest BCUT2D eigenvalue weighted by atomic mass is 9.58. The summed E-state index contributed by atoms with van der Waals surface area (Å²) < 4.78 is 54.4. The Kier molecular flexibility index (Phi) is 7.71. The highest BCUT2D eigenvalue weighted by Crippen LogP contribution is 2.52. The van der Waals surface area contributed by atoms with Crippen LogP contribution >= 0.6 is 0 Å². The van der Waals surface area contributed by atoms with E-state index in [0.717, 1.165) is 30.3 Å². The molecule has 1 fully saturated rings. The largest absolute Gasteiger partial charge is 0.390 e. The number of hydrogen-bond acceptors (Lipinski definition) is 4. The standard InChI is InChI=1S/C30H37F3N4O2Si/c1-19-14-30(15-19,29-35-34-17-36(29)2)21-8-6-7-20(11-21)23-13-25(28(32)33)24-12-22(16-38)37(27(24)26(23)31)18-39-9-10-40(3,4)5/h6-8,11-13,17,19,28,38H,9-10,14-16,18H2,1-5H3. The molecule has 0 aliphatic heterocycles. The van der Waals surface area contributed by atoms with E-state index in [1.165, 1.54) is 16.7 Å². The van der Waals surface area contributed by atoms with Crippen LogP contribution in [0.2, 0.25) is 25.7 Å². The molecule has 0 radical (unpaired) electrons. The van der Waals surface area contributed by atoms with Crippen LogP contribution in [-0.2, 0) is 30.5 Å². The molecule has 0 amide bonds. The van der Waals surface area contributed by atoms with Gasteiger partial charge in [0.15, 0.2) is 5.82 Å². The molecule has 2 heterocycles. The van der Waals surface area contributed by atoms with Gasteiger partial charge in [-0.15, -0.1) is 10.2 Å². The molecular weight excluding hydrogens is 533 g/mol. The highest BCUT2D eigenvalue weighted by atomic mass is 28.3. The Hall–Kier alpha value is -2.95. The van der Waals surface area contributed by atoms with Gasteiger partial charge in [0.1, 0.15) is 18.9 Å². The van der Waals surface area contributed by atoms with Gasteiger partial charge in [-0.1, -0.05) is 50.8 Å². The zero-order valence-corrected chi connectivity index (χ0v) is 24.7. The summed E-state index contributed by atoms with van der Waals surface area (Å²) in [6, 6.07) is 11.1. The second-order valence-electron chi connectivity index (χ2n) is 12.4. The Morgan fingerprint density at radius 3 is 2.52 bits per heavy atom. The molecular formula is C30H37F3N4O2Si.